The van der Waals surface area contributed by atoms with Crippen molar-refractivity contribution in [1.29, 1.82) is 0 Å². The first-order chi connectivity index (χ1) is 26.8. The lowest BCUT2D eigenvalue weighted by atomic mass is 10.0. The van der Waals surface area contributed by atoms with E-state index in [1.165, 1.54) is 44.6 Å². The van der Waals surface area contributed by atoms with Crippen LogP contribution in [0.2, 0.25) is 0 Å². The third kappa shape index (κ3) is 14.8. The van der Waals surface area contributed by atoms with Crippen molar-refractivity contribution in [3.8, 4) is 17.2 Å². The van der Waals surface area contributed by atoms with E-state index in [1.807, 2.05) is 0 Å². The van der Waals surface area contributed by atoms with E-state index in [2.05, 4.69) is 21.6 Å². The summed E-state index contributed by atoms with van der Waals surface area (Å²) in [5.74, 6) is -2.07. The van der Waals surface area contributed by atoms with Gasteiger partial charge in [0.2, 0.25) is 0 Å². The van der Waals surface area contributed by atoms with Gasteiger partial charge in [-0.1, -0.05) is 94.7 Å². The topological polar surface area (TPSA) is 149 Å². The molecule has 12 nitrogen and oxygen atoms in total. The summed E-state index contributed by atoms with van der Waals surface area (Å²) in [5, 5.41) is 29.0. The molecule has 0 amide bonds. The average Bonchev–Trinajstić information content (AvgIpc) is 3.25. The molecule has 0 saturated carbocycles. The van der Waals surface area contributed by atoms with Crippen molar-refractivity contribution in [3.05, 3.63) is 89.5 Å². The molecule has 0 aromatic heterocycles. The molecule has 1 aliphatic rings. The van der Waals surface area contributed by atoms with Crippen molar-refractivity contribution in [2.24, 2.45) is 0 Å². The summed E-state index contributed by atoms with van der Waals surface area (Å²) in [7, 11) is 0. The molecule has 3 aromatic carbocycles. The van der Waals surface area contributed by atoms with E-state index in [4.69, 9.17) is 14.2 Å². The number of carboxylic acid groups (broad SMARTS) is 3. The molecule has 3 N–H and O–H groups in total. The number of aromatic carboxylic acids is 3. The van der Waals surface area contributed by atoms with Crippen molar-refractivity contribution >= 4 is 17.9 Å². The van der Waals surface area contributed by atoms with Crippen LogP contribution in [-0.2, 0) is 0 Å². The van der Waals surface area contributed by atoms with Crippen LogP contribution in [0, 0.1) is 0 Å². The van der Waals surface area contributed by atoms with Crippen LogP contribution in [0.15, 0.2) is 72.8 Å². The Kier molecular flexibility index (Phi) is 18.8. The van der Waals surface area contributed by atoms with E-state index in [9.17, 15) is 29.7 Å². The Morgan fingerprint density at radius 2 is 0.945 bits per heavy atom. The number of hydrogen-bond donors (Lipinski definition) is 3. The van der Waals surface area contributed by atoms with Crippen molar-refractivity contribution in [2.45, 2.75) is 70.8 Å². The van der Waals surface area contributed by atoms with Gasteiger partial charge in [0.1, 0.15) is 53.8 Å². The highest BCUT2D eigenvalue weighted by Crippen LogP contribution is 2.22. The third-order valence-electron chi connectivity index (χ3n) is 10.1. The van der Waals surface area contributed by atoms with E-state index in [0.717, 1.165) is 52.0 Å². The van der Waals surface area contributed by atoms with Crippen LogP contribution in [0.4, 0.5) is 0 Å². The van der Waals surface area contributed by atoms with Gasteiger partial charge in [-0.15, -0.1) is 0 Å². The van der Waals surface area contributed by atoms with Gasteiger partial charge in [-0.25, -0.2) is 14.4 Å². The largest absolute Gasteiger partial charge is 0.491 e. The van der Waals surface area contributed by atoms with E-state index in [-0.39, 0.29) is 22.7 Å². The smallest absolute Gasteiger partial charge is 0.339 e. The number of carboxylic acids is 3. The maximum absolute atomic E-state index is 11.9. The van der Waals surface area contributed by atoms with Gasteiger partial charge < -0.3 is 29.5 Å². The standard InChI is InChI=1S/C43H59N3O9/c1-2-3-4-5-6-7-8-9-16-34-33-45(28-31-54-39-21-14-11-18-36(39)42(49)50)24-23-44(27-30-53-38-20-13-10-17-35(38)41(47)48)25-26-46(34)29-32-55-40-22-15-12-19-37(40)43(51)52/h10-15,17-22,34H,2-9,16,23-33H2,1H3,(H,47,48)(H,49,50)(H,51,52). The Hall–Kier alpha value is -4.65. The lowest BCUT2D eigenvalue weighted by molar-refractivity contribution is 0.0677. The summed E-state index contributed by atoms with van der Waals surface area (Å²) < 4.78 is 18.1. The predicted molar refractivity (Wildman–Crippen MR) is 212 cm³/mol. The van der Waals surface area contributed by atoms with Crippen LogP contribution in [0.5, 0.6) is 17.2 Å². The van der Waals surface area contributed by atoms with Crippen LogP contribution in [0.25, 0.3) is 0 Å². The van der Waals surface area contributed by atoms with Gasteiger partial charge in [-0.2, -0.15) is 0 Å². The molecule has 1 aliphatic heterocycles. The second-order valence-corrected chi connectivity index (χ2v) is 14.0. The number of hydrogen-bond acceptors (Lipinski definition) is 9. The number of ether oxygens (including phenoxy) is 3. The van der Waals surface area contributed by atoms with E-state index in [1.54, 1.807) is 66.7 Å². The van der Waals surface area contributed by atoms with Gasteiger partial charge in [-0.3, -0.25) is 14.7 Å². The van der Waals surface area contributed by atoms with Crippen molar-refractivity contribution in [1.82, 2.24) is 14.7 Å². The molecule has 3 aromatic rings. The van der Waals surface area contributed by atoms with Crippen LogP contribution >= 0.6 is 0 Å². The SMILES string of the molecule is CCCCCCCCCCC1CN(CCOc2ccccc2C(=O)O)CCN(CCOc2ccccc2C(=O)O)CCN1CCOc1ccccc1C(=O)O. The number of para-hydroxylation sites is 3. The van der Waals surface area contributed by atoms with Crippen LogP contribution in [-0.4, -0.2) is 126 Å². The first kappa shape index (κ1) is 43.1. The molecule has 0 aliphatic carbocycles. The maximum atomic E-state index is 11.9. The van der Waals surface area contributed by atoms with Gasteiger partial charge in [-0.05, 0) is 42.8 Å². The summed E-state index contributed by atoms with van der Waals surface area (Å²) in [6.45, 7) is 8.75. The van der Waals surface area contributed by atoms with Gasteiger partial charge in [0.05, 0.1) is 0 Å². The van der Waals surface area contributed by atoms with Crippen molar-refractivity contribution < 1.29 is 43.9 Å². The fourth-order valence-corrected chi connectivity index (χ4v) is 7.01. The maximum Gasteiger partial charge on any atom is 0.339 e. The highest BCUT2D eigenvalue weighted by atomic mass is 16.5. The van der Waals surface area contributed by atoms with Crippen molar-refractivity contribution in [2.75, 3.05) is 72.2 Å². The molecule has 4 rings (SSSR count). The Bertz CT molecular complexity index is 1620. The van der Waals surface area contributed by atoms with Crippen molar-refractivity contribution in [3.63, 3.8) is 0 Å². The molecular formula is C43H59N3O9. The van der Waals surface area contributed by atoms with E-state index >= 15 is 0 Å². The number of carbonyl (C=O) groups is 3. The predicted octanol–water partition coefficient (Wildman–Crippen LogP) is 7.14. The highest BCUT2D eigenvalue weighted by molar-refractivity contribution is 5.91. The second kappa shape index (κ2) is 24.0. The summed E-state index contributed by atoms with van der Waals surface area (Å²) in [6.07, 6.45) is 10.8. The number of nitrogens with zero attached hydrogens (tertiary/aromatic N) is 3. The molecule has 55 heavy (non-hydrogen) atoms. The Morgan fingerprint density at radius 1 is 0.545 bits per heavy atom. The van der Waals surface area contributed by atoms with Crippen LogP contribution in [0.1, 0.15) is 95.8 Å². The highest BCUT2D eigenvalue weighted by Gasteiger charge is 2.25. The zero-order valence-corrected chi connectivity index (χ0v) is 32.3. The monoisotopic (exact) mass is 761 g/mol. The Morgan fingerprint density at radius 3 is 1.44 bits per heavy atom. The van der Waals surface area contributed by atoms with Gasteiger partial charge in [0.15, 0.2) is 0 Å². The number of rotatable bonds is 24. The fraction of sp³-hybridized carbons (Fsp3) is 0.512. The molecule has 0 radical (unpaired) electrons. The van der Waals surface area contributed by atoms with Crippen LogP contribution < -0.4 is 14.2 Å². The minimum atomic E-state index is -1.03. The summed E-state index contributed by atoms with van der Waals surface area (Å²) in [5.41, 5.74) is 0.390. The molecule has 1 saturated heterocycles. The molecule has 1 fully saturated rings. The summed E-state index contributed by atoms with van der Waals surface area (Å²) in [6, 6.07) is 20.2. The zero-order chi connectivity index (χ0) is 39.3. The average molecular weight is 762 g/mol. The first-order valence-corrected chi connectivity index (χ1v) is 19.8. The van der Waals surface area contributed by atoms with Crippen LogP contribution in [0.3, 0.4) is 0 Å². The Labute approximate surface area is 325 Å². The van der Waals surface area contributed by atoms with Gasteiger partial charge in [0, 0.05) is 58.4 Å². The molecule has 1 heterocycles. The minimum absolute atomic E-state index is 0.127. The molecule has 300 valence electrons. The Balaban J connectivity index is 1.49. The minimum Gasteiger partial charge on any atom is -0.491 e. The number of unbranched alkanes of at least 4 members (excludes halogenated alkanes) is 7. The molecule has 12 heteroatoms. The lowest BCUT2D eigenvalue weighted by Gasteiger charge is -2.35. The van der Waals surface area contributed by atoms with Gasteiger partial charge in [0.25, 0.3) is 0 Å². The fourth-order valence-electron chi connectivity index (χ4n) is 7.01. The molecule has 0 spiro atoms. The molecule has 0 bridgehead atoms. The van der Waals surface area contributed by atoms with E-state index < -0.39 is 17.9 Å². The lowest BCUT2D eigenvalue weighted by Crippen LogP contribution is -2.47. The normalized spacial score (nSPS) is 15.8. The zero-order valence-electron chi connectivity index (χ0n) is 32.3. The number of benzene rings is 3. The summed E-state index contributed by atoms with van der Waals surface area (Å²) in [4.78, 5) is 42.6. The third-order valence-corrected chi connectivity index (χ3v) is 10.1. The first-order valence-electron chi connectivity index (χ1n) is 19.8. The second-order valence-electron chi connectivity index (χ2n) is 14.0. The van der Waals surface area contributed by atoms with Gasteiger partial charge >= 0.3 is 17.9 Å². The quantitative estimate of drug-likeness (QED) is 0.0797. The van der Waals surface area contributed by atoms with E-state index in [0.29, 0.717) is 56.7 Å². The summed E-state index contributed by atoms with van der Waals surface area (Å²) >= 11 is 0. The molecular weight excluding hydrogens is 702 g/mol. The molecule has 1 atom stereocenters. The molecule has 1 unspecified atom stereocenters.